The van der Waals surface area contributed by atoms with E-state index in [1.807, 2.05) is 73.7 Å². The molecule has 39 heavy (non-hydrogen) atoms. The Morgan fingerprint density at radius 1 is 0.974 bits per heavy atom. The molecule has 0 radical (unpaired) electrons. The van der Waals surface area contributed by atoms with E-state index in [4.69, 9.17) is 0 Å². The molecule has 2 aromatic heterocycles. The minimum atomic E-state index is -0.501. The molecule has 9 heteroatoms. The van der Waals surface area contributed by atoms with E-state index in [9.17, 15) is 9.59 Å². The van der Waals surface area contributed by atoms with Gasteiger partial charge >= 0.3 is 0 Å². The lowest BCUT2D eigenvalue weighted by atomic mass is 9.90. The zero-order valence-corrected chi connectivity index (χ0v) is 21.3. The van der Waals surface area contributed by atoms with Crippen molar-refractivity contribution in [1.82, 2.24) is 24.6 Å². The molecule has 1 aliphatic rings. The van der Waals surface area contributed by atoms with Crippen LogP contribution < -0.4 is 11.0 Å². The fourth-order valence-electron chi connectivity index (χ4n) is 5.13. The summed E-state index contributed by atoms with van der Waals surface area (Å²) >= 11 is 0. The molecule has 3 heterocycles. The maximum Gasteiger partial charge on any atom is 0.263 e. The van der Waals surface area contributed by atoms with E-state index in [1.54, 1.807) is 10.6 Å². The van der Waals surface area contributed by atoms with E-state index in [0.717, 1.165) is 12.0 Å². The average molecular weight is 521 g/mol. The van der Waals surface area contributed by atoms with E-state index in [-0.39, 0.29) is 29.9 Å². The number of nitrogens with one attached hydrogen (secondary N) is 1. The molecule has 0 saturated heterocycles. The second kappa shape index (κ2) is 10.1. The number of aryl methyl sites for hydroxylation is 1. The number of para-hydroxylation sites is 1. The lowest BCUT2D eigenvalue weighted by Gasteiger charge is -2.17. The summed E-state index contributed by atoms with van der Waals surface area (Å²) in [5.41, 5.74) is 6.32. The summed E-state index contributed by atoms with van der Waals surface area (Å²) in [6.45, 7) is 2.02. The Labute approximate surface area is 223 Å². The van der Waals surface area contributed by atoms with Gasteiger partial charge in [-0.25, -0.2) is 18.9 Å². The number of nitrogens with zero attached hydrogens (tertiary/aromatic N) is 5. The van der Waals surface area contributed by atoms with Crippen LogP contribution in [0.3, 0.4) is 0 Å². The normalized spacial score (nSPS) is 13.1. The summed E-state index contributed by atoms with van der Waals surface area (Å²) in [5, 5.41) is 8.54. The van der Waals surface area contributed by atoms with E-state index < -0.39 is 5.82 Å². The van der Waals surface area contributed by atoms with Gasteiger partial charge in [0.15, 0.2) is 0 Å². The standard InChI is InChI=1S/C30H25FN6O2/c1-2-9-25-23(29(39)36(21-12-7-4-8-13-21)30-32-18-33-37(25)30)16-20-14-15-22(19-10-5-3-6-11-19)27(28(20)31)24-17-26(38)35-34-24/h3-8,10-15,18H,2,9,16-17H2,1H3,(H,35,38). The van der Waals surface area contributed by atoms with Crippen LogP contribution in [0.25, 0.3) is 22.6 Å². The van der Waals surface area contributed by atoms with Gasteiger partial charge in [-0.3, -0.25) is 9.59 Å². The van der Waals surface area contributed by atoms with Crippen molar-refractivity contribution >= 4 is 17.4 Å². The summed E-state index contributed by atoms with van der Waals surface area (Å²) < 4.78 is 19.6. The number of rotatable bonds is 7. The van der Waals surface area contributed by atoms with E-state index in [2.05, 4.69) is 20.6 Å². The second-order valence-electron chi connectivity index (χ2n) is 9.40. The third kappa shape index (κ3) is 4.31. The van der Waals surface area contributed by atoms with E-state index >= 15 is 4.39 Å². The molecule has 0 fully saturated rings. The van der Waals surface area contributed by atoms with Gasteiger partial charge < -0.3 is 0 Å². The van der Waals surface area contributed by atoms with Gasteiger partial charge in [0.05, 0.1) is 23.5 Å². The summed E-state index contributed by atoms with van der Waals surface area (Å²) in [5.74, 6) is -0.385. The van der Waals surface area contributed by atoms with Crippen molar-refractivity contribution in [3.8, 4) is 16.8 Å². The predicted octanol–water partition coefficient (Wildman–Crippen LogP) is 4.45. The molecule has 1 amide bonds. The van der Waals surface area contributed by atoms with Gasteiger partial charge in [0.25, 0.3) is 5.56 Å². The SMILES string of the molecule is CCCc1c(Cc2ccc(-c3ccccc3)c(C3=NNC(=O)C3)c2F)c(=O)n(-c2ccccc2)c2ncnn12. The number of hydrazone groups is 1. The molecule has 0 bridgehead atoms. The molecule has 5 aromatic rings. The number of fused-ring (bicyclic) bond motifs is 1. The van der Waals surface area contributed by atoms with Gasteiger partial charge in [-0.15, -0.1) is 0 Å². The second-order valence-corrected chi connectivity index (χ2v) is 9.40. The van der Waals surface area contributed by atoms with Crippen LogP contribution >= 0.6 is 0 Å². The fourth-order valence-corrected chi connectivity index (χ4v) is 5.13. The van der Waals surface area contributed by atoms with Crippen LogP contribution in [0.15, 0.2) is 89.0 Å². The Morgan fingerprint density at radius 2 is 1.72 bits per heavy atom. The van der Waals surface area contributed by atoms with E-state index in [0.29, 0.717) is 46.0 Å². The first-order valence-corrected chi connectivity index (χ1v) is 12.8. The van der Waals surface area contributed by atoms with E-state index in [1.165, 1.54) is 10.9 Å². The lowest BCUT2D eigenvalue weighted by molar-refractivity contribution is -0.119. The monoisotopic (exact) mass is 520 g/mol. The van der Waals surface area contributed by atoms with Crippen molar-refractivity contribution in [2.45, 2.75) is 32.6 Å². The molecule has 0 spiro atoms. The molecule has 8 nitrogen and oxygen atoms in total. The quantitative estimate of drug-likeness (QED) is 0.343. The summed E-state index contributed by atoms with van der Waals surface area (Å²) in [7, 11) is 0. The van der Waals surface area contributed by atoms with Crippen molar-refractivity contribution < 1.29 is 9.18 Å². The van der Waals surface area contributed by atoms with Gasteiger partial charge in [-0.1, -0.05) is 74.0 Å². The van der Waals surface area contributed by atoms with Gasteiger partial charge in [0, 0.05) is 17.5 Å². The number of aromatic nitrogens is 4. The maximum absolute atomic E-state index is 16.4. The maximum atomic E-state index is 16.4. The molecule has 0 saturated carbocycles. The van der Waals surface area contributed by atoms with Crippen molar-refractivity contribution in [3.05, 3.63) is 118 Å². The minimum Gasteiger partial charge on any atom is -0.273 e. The molecule has 1 N–H and O–H groups in total. The van der Waals surface area contributed by atoms with Crippen LogP contribution in [-0.4, -0.2) is 30.8 Å². The highest BCUT2D eigenvalue weighted by Gasteiger charge is 2.26. The van der Waals surface area contributed by atoms with Crippen molar-refractivity contribution in [2.24, 2.45) is 5.10 Å². The number of amides is 1. The summed E-state index contributed by atoms with van der Waals surface area (Å²) in [6.07, 6.45) is 2.78. The first-order chi connectivity index (χ1) is 19.1. The van der Waals surface area contributed by atoms with Crippen molar-refractivity contribution in [2.75, 3.05) is 0 Å². The lowest BCUT2D eigenvalue weighted by Crippen LogP contribution is -2.28. The Morgan fingerprint density at radius 3 is 2.41 bits per heavy atom. The van der Waals surface area contributed by atoms with Crippen LogP contribution in [0.1, 0.15) is 42.1 Å². The largest absolute Gasteiger partial charge is 0.273 e. The molecular weight excluding hydrogens is 495 g/mol. The zero-order chi connectivity index (χ0) is 26.9. The minimum absolute atomic E-state index is 0.0208. The number of benzene rings is 3. The fraction of sp³-hybridized carbons (Fsp3) is 0.167. The average Bonchev–Trinajstić information content (AvgIpc) is 3.61. The molecule has 1 aliphatic heterocycles. The number of carbonyl (C=O) groups is 1. The third-order valence-corrected chi connectivity index (χ3v) is 6.90. The van der Waals surface area contributed by atoms with Crippen LogP contribution in [0.2, 0.25) is 0 Å². The van der Waals surface area contributed by atoms with Crippen LogP contribution in [0.5, 0.6) is 0 Å². The molecule has 0 unspecified atom stereocenters. The molecular formula is C30H25FN6O2. The number of halogens is 1. The molecule has 6 rings (SSSR count). The Hall–Kier alpha value is -4.92. The van der Waals surface area contributed by atoms with Crippen molar-refractivity contribution in [1.29, 1.82) is 0 Å². The predicted molar refractivity (Wildman–Crippen MR) is 147 cm³/mol. The first kappa shape index (κ1) is 24.4. The molecule has 3 aromatic carbocycles. The molecule has 194 valence electrons. The zero-order valence-electron chi connectivity index (χ0n) is 21.3. The first-order valence-electron chi connectivity index (χ1n) is 12.8. The smallest absolute Gasteiger partial charge is 0.263 e. The van der Waals surface area contributed by atoms with Gasteiger partial charge in [0.2, 0.25) is 11.7 Å². The third-order valence-electron chi connectivity index (χ3n) is 6.90. The Balaban J connectivity index is 1.56. The van der Waals surface area contributed by atoms with Crippen molar-refractivity contribution in [3.63, 3.8) is 0 Å². The molecule has 0 aliphatic carbocycles. The Bertz CT molecular complexity index is 1790. The number of carbonyl (C=O) groups excluding carboxylic acids is 1. The molecule has 0 atom stereocenters. The highest BCUT2D eigenvalue weighted by molar-refractivity contribution is 6.16. The Kier molecular flexibility index (Phi) is 6.32. The summed E-state index contributed by atoms with van der Waals surface area (Å²) in [6, 6.07) is 22.2. The van der Waals surface area contributed by atoms with Gasteiger partial charge in [0.1, 0.15) is 12.1 Å². The number of hydrogen-bond acceptors (Lipinski definition) is 5. The van der Waals surface area contributed by atoms with Gasteiger partial charge in [-0.05, 0) is 35.2 Å². The van der Waals surface area contributed by atoms with Crippen LogP contribution in [-0.2, 0) is 17.6 Å². The topological polar surface area (TPSA) is 93.6 Å². The van der Waals surface area contributed by atoms with Crippen LogP contribution in [0.4, 0.5) is 4.39 Å². The number of hydrogen-bond donors (Lipinski definition) is 1. The highest BCUT2D eigenvalue weighted by Crippen LogP contribution is 2.31. The van der Waals surface area contributed by atoms with Crippen LogP contribution in [0, 0.1) is 5.82 Å². The van der Waals surface area contributed by atoms with Gasteiger partial charge in [-0.2, -0.15) is 15.2 Å². The summed E-state index contributed by atoms with van der Waals surface area (Å²) in [4.78, 5) is 30.4. The highest BCUT2D eigenvalue weighted by atomic mass is 19.1.